The number of aromatic nitrogens is 4. The van der Waals surface area contributed by atoms with Crippen LogP contribution in [0, 0.1) is 0 Å². The lowest BCUT2D eigenvalue weighted by molar-refractivity contribution is 0.151. The number of nitrogens with two attached hydrogens (primary N) is 2. The number of amides is 4. The molecule has 0 atom stereocenters. The van der Waals surface area contributed by atoms with Gasteiger partial charge in [0, 0.05) is 109 Å². The molecule has 374 valence electrons. The molecule has 0 bridgehead atoms. The highest BCUT2D eigenvalue weighted by atomic mass is 32.2. The molecule has 2 aromatic heterocycles. The standard InChI is InChI=1S/C45H62N18O6S/c1-70(66,67)54-13-27-69-52-29-36-40(47)48-31-50-42(36)60-18-24-63(25-19-60)45(65)57-38-11-10-35(59-16-4-5-17-59)28-39(38)56-41-37(30-53-68-26-12-46)43(51-32-49-41)61-20-22-62(23-21-61)44(64)55-33-6-8-34(9-7-33)58-14-2-3-15-58/h6-11,28-32,54H,2-5,12-27,46H2,1H3,(H,55,64)(H,57,65)(H2,47,48,50)(H,49,51,56)/b52-29+,53-30+. The second-order valence-electron chi connectivity index (χ2n) is 17.1. The zero-order chi connectivity index (χ0) is 48.9. The predicted octanol–water partition coefficient (Wildman–Crippen LogP) is 2.71. The van der Waals surface area contributed by atoms with E-state index in [1.807, 2.05) is 35.2 Å². The number of hydrogen-bond acceptors (Lipinski definition) is 19. The van der Waals surface area contributed by atoms with Gasteiger partial charge in [0.15, 0.2) is 0 Å². The van der Waals surface area contributed by atoms with E-state index in [9.17, 15) is 18.0 Å². The summed E-state index contributed by atoms with van der Waals surface area (Å²) in [5, 5.41) is 17.9. The Labute approximate surface area is 407 Å². The van der Waals surface area contributed by atoms with Crippen LogP contribution in [0.5, 0.6) is 0 Å². The minimum absolute atomic E-state index is 0.00807. The summed E-state index contributed by atoms with van der Waals surface area (Å²) in [5.74, 6) is 1.75. The highest BCUT2D eigenvalue weighted by Crippen LogP contribution is 2.34. The monoisotopic (exact) mass is 982 g/mol. The van der Waals surface area contributed by atoms with Gasteiger partial charge in [0.25, 0.3) is 0 Å². The number of hydrogen-bond donors (Lipinski definition) is 6. The summed E-state index contributed by atoms with van der Waals surface area (Å²) in [6, 6.07) is 13.5. The Hall–Kier alpha value is -7.25. The van der Waals surface area contributed by atoms with Crippen LogP contribution < -0.4 is 51.7 Å². The normalized spacial score (nSPS) is 16.7. The number of oxime groups is 2. The van der Waals surface area contributed by atoms with Crippen LogP contribution >= 0.6 is 0 Å². The fourth-order valence-electron chi connectivity index (χ4n) is 8.66. The highest BCUT2D eigenvalue weighted by Gasteiger charge is 2.28. The molecule has 0 aliphatic carbocycles. The molecular formula is C45H62N18O6S. The predicted molar refractivity (Wildman–Crippen MR) is 272 cm³/mol. The Balaban J connectivity index is 0.946. The third-order valence-corrected chi connectivity index (χ3v) is 13.1. The van der Waals surface area contributed by atoms with Gasteiger partial charge in [0.2, 0.25) is 10.0 Å². The zero-order valence-electron chi connectivity index (χ0n) is 39.4. The molecule has 4 saturated heterocycles. The lowest BCUT2D eigenvalue weighted by Crippen LogP contribution is -2.50. The summed E-state index contributed by atoms with van der Waals surface area (Å²) in [7, 11) is -3.36. The van der Waals surface area contributed by atoms with Gasteiger partial charge in [-0.15, -0.1) is 0 Å². The van der Waals surface area contributed by atoms with Gasteiger partial charge in [0.1, 0.15) is 49.1 Å². The van der Waals surface area contributed by atoms with Crippen molar-refractivity contribution in [2.75, 3.05) is 152 Å². The van der Waals surface area contributed by atoms with E-state index >= 15 is 0 Å². The van der Waals surface area contributed by atoms with Crippen LogP contribution in [0.25, 0.3) is 0 Å². The molecule has 0 radical (unpaired) electrons. The van der Waals surface area contributed by atoms with E-state index < -0.39 is 10.0 Å². The van der Waals surface area contributed by atoms with E-state index in [1.54, 1.807) is 16.0 Å². The molecule has 70 heavy (non-hydrogen) atoms. The maximum Gasteiger partial charge on any atom is 0.322 e. The first-order chi connectivity index (χ1) is 34.0. The summed E-state index contributed by atoms with van der Waals surface area (Å²) in [6.07, 6.45) is 11.4. The highest BCUT2D eigenvalue weighted by molar-refractivity contribution is 7.88. The molecule has 4 fully saturated rings. The Morgan fingerprint density at radius 1 is 0.657 bits per heavy atom. The number of carbonyl (C=O) groups excluding carboxylic acids is 2. The van der Waals surface area contributed by atoms with Crippen molar-refractivity contribution in [2.24, 2.45) is 16.0 Å². The minimum Gasteiger partial charge on any atom is -0.394 e. The van der Waals surface area contributed by atoms with Gasteiger partial charge in [0.05, 0.1) is 41.2 Å². The van der Waals surface area contributed by atoms with E-state index in [1.165, 1.54) is 37.4 Å². The van der Waals surface area contributed by atoms with Gasteiger partial charge in [-0.3, -0.25) is 0 Å². The number of rotatable bonds is 18. The van der Waals surface area contributed by atoms with Gasteiger partial charge in [-0.2, -0.15) is 0 Å². The molecule has 0 saturated carbocycles. The van der Waals surface area contributed by atoms with Gasteiger partial charge in [-0.25, -0.2) is 42.7 Å². The number of piperazine rings is 2. The molecule has 4 aliphatic rings. The van der Waals surface area contributed by atoms with Crippen LogP contribution in [0.2, 0.25) is 0 Å². The Kier molecular flexibility index (Phi) is 16.4. The Morgan fingerprint density at radius 2 is 1.20 bits per heavy atom. The zero-order valence-corrected chi connectivity index (χ0v) is 40.2. The van der Waals surface area contributed by atoms with Gasteiger partial charge < -0.3 is 66.5 Å². The average molecular weight is 983 g/mol. The van der Waals surface area contributed by atoms with Crippen LogP contribution in [-0.2, 0) is 19.7 Å². The number of anilines is 9. The minimum atomic E-state index is -3.36. The number of urea groups is 2. The molecule has 4 aliphatic heterocycles. The van der Waals surface area contributed by atoms with E-state index in [4.69, 9.17) is 26.1 Å². The van der Waals surface area contributed by atoms with Crippen LogP contribution in [0.3, 0.4) is 0 Å². The van der Waals surface area contributed by atoms with Crippen molar-refractivity contribution in [3.05, 3.63) is 66.2 Å². The van der Waals surface area contributed by atoms with E-state index in [-0.39, 0.29) is 44.2 Å². The number of nitrogens with one attached hydrogen (secondary N) is 4. The van der Waals surface area contributed by atoms with E-state index in [0.717, 1.165) is 56.7 Å². The van der Waals surface area contributed by atoms with Crippen molar-refractivity contribution in [1.82, 2.24) is 34.5 Å². The van der Waals surface area contributed by atoms with Gasteiger partial charge in [-0.05, 0) is 68.1 Å². The number of benzene rings is 2. The van der Waals surface area contributed by atoms with E-state index in [2.05, 4.69) is 72.8 Å². The van der Waals surface area contributed by atoms with Crippen molar-refractivity contribution in [1.29, 1.82) is 0 Å². The molecule has 8 N–H and O–H groups in total. The second-order valence-corrected chi connectivity index (χ2v) is 19.0. The number of nitrogen functional groups attached to an aromatic ring is 1. The van der Waals surface area contributed by atoms with Crippen LogP contribution in [0.1, 0.15) is 36.8 Å². The van der Waals surface area contributed by atoms with Gasteiger partial charge in [-0.1, -0.05) is 10.3 Å². The summed E-state index contributed by atoms with van der Waals surface area (Å²) in [5.41, 5.74) is 17.0. The molecule has 0 spiro atoms. The van der Waals surface area contributed by atoms with Crippen molar-refractivity contribution in [2.45, 2.75) is 25.7 Å². The van der Waals surface area contributed by atoms with Crippen molar-refractivity contribution >= 4 is 86.2 Å². The molecular weight excluding hydrogens is 921 g/mol. The molecule has 6 heterocycles. The number of sulfonamides is 1. The first-order valence-corrected chi connectivity index (χ1v) is 25.5. The molecule has 0 unspecified atom stereocenters. The Bertz CT molecular complexity index is 2580. The summed E-state index contributed by atoms with van der Waals surface area (Å²) in [6.45, 7) is 8.03. The second kappa shape index (κ2) is 23.4. The number of carbonyl (C=O) groups is 2. The quantitative estimate of drug-likeness (QED) is 0.0475. The smallest absolute Gasteiger partial charge is 0.322 e. The fourth-order valence-corrected chi connectivity index (χ4v) is 9.11. The largest absolute Gasteiger partial charge is 0.394 e. The van der Waals surface area contributed by atoms with Crippen LogP contribution in [-0.4, -0.2) is 174 Å². The van der Waals surface area contributed by atoms with Crippen molar-refractivity contribution in [3.63, 3.8) is 0 Å². The SMILES string of the molecule is CS(=O)(=O)NCCO/N=C/c1c(N)ncnc1N1CCN(C(=O)Nc2ccc(N3CCCC3)cc2Nc2ncnc(N3CCN(C(=O)Nc4ccc(N5CCCC5)cc4)CC3)c2/C=N/OCCN)CC1. The molecule has 4 aromatic rings. The first kappa shape index (κ1) is 49.2. The summed E-state index contributed by atoms with van der Waals surface area (Å²) in [4.78, 5) is 68.4. The molecule has 4 amide bonds. The summed E-state index contributed by atoms with van der Waals surface area (Å²) < 4.78 is 25.0. The first-order valence-electron chi connectivity index (χ1n) is 23.6. The molecule has 24 nitrogen and oxygen atoms in total. The Morgan fingerprint density at radius 3 is 1.81 bits per heavy atom. The lowest BCUT2D eigenvalue weighted by atomic mass is 10.2. The topological polar surface area (TPSA) is 283 Å². The molecule has 2 aromatic carbocycles. The van der Waals surface area contributed by atoms with Crippen molar-refractivity contribution in [3.8, 4) is 0 Å². The third-order valence-electron chi connectivity index (χ3n) is 12.3. The maximum absolute atomic E-state index is 14.1. The third kappa shape index (κ3) is 12.9. The lowest BCUT2D eigenvalue weighted by Gasteiger charge is -2.36. The van der Waals surface area contributed by atoms with Crippen LogP contribution in [0.15, 0.2) is 65.4 Å². The number of nitrogens with zero attached hydrogens (tertiary/aromatic N) is 12. The maximum atomic E-state index is 14.1. The molecule has 8 rings (SSSR count). The molecule has 25 heteroatoms. The van der Waals surface area contributed by atoms with Crippen molar-refractivity contribution < 1.29 is 27.7 Å². The van der Waals surface area contributed by atoms with Gasteiger partial charge >= 0.3 is 12.1 Å². The van der Waals surface area contributed by atoms with E-state index in [0.29, 0.717) is 92.3 Å². The summed E-state index contributed by atoms with van der Waals surface area (Å²) >= 11 is 0. The average Bonchev–Trinajstić information content (AvgIpc) is 4.12. The fraction of sp³-hybridized carbons (Fsp3) is 0.467. The van der Waals surface area contributed by atoms with Crippen LogP contribution in [0.4, 0.5) is 61.3 Å².